The van der Waals surface area contributed by atoms with Gasteiger partial charge in [-0.25, -0.2) is 0 Å². The molecule has 3 nitrogen and oxygen atoms in total. The summed E-state index contributed by atoms with van der Waals surface area (Å²) in [5.74, 6) is 1.79. The largest absolute Gasteiger partial charge is 0.316 e. The minimum Gasteiger partial charge on any atom is -0.316 e. The Morgan fingerprint density at radius 3 is 2.94 bits per heavy atom. The van der Waals surface area contributed by atoms with E-state index in [9.17, 15) is 0 Å². The third kappa shape index (κ3) is 2.43. The van der Waals surface area contributed by atoms with E-state index in [0.29, 0.717) is 0 Å². The molecule has 1 saturated carbocycles. The van der Waals surface area contributed by atoms with Crippen molar-refractivity contribution in [2.75, 3.05) is 20.1 Å². The lowest BCUT2D eigenvalue weighted by Crippen LogP contribution is -2.43. The van der Waals surface area contributed by atoms with Crippen LogP contribution in [-0.4, -0.2) is 36.1 Å². The molecule has 3 atom stereocenters. The Morgan fingerprint density at radius 1 is 1.28 bits per heavy atom. The van der Waals surface area contributed by atoms with Crippen LogP contribution in [0.4, 0.5) is 0 Å². The molecular weight excluding hydrogens is 222 g/mol. The van der Waals surface area contributed by atoms with E-state index in [4.69, 9.17) is 0 Å². The average molecular weight is 245 g/mol. The van der Waals surface area contributed by atoms with Gasteiger partial charge in [0.2, 0.25) is 0 Å². The van der Waals surface area contributed by atoms with Gasteiger partial charge in [0.25, 0.3) is 0 Å². The van der Waals surface area contributed by atoms with E-state index < -0.39 is 0 Å². The monoisotopic (exact) mass is 245 g/mol. The van der Waals surface area contributed by atoms with Crippen LogP contribution < -0.4 is 5.32 Å². The maximum Gasteiger partial charge on any atom is 0.0271 e. The zero-order chi connectivity index (χ0) is 12.4. The quantitative estimate of drug-likeness (QED) is 0.881. The van der Waals surface area contributed by atoms with Crippen LogP contribution in [0.15, 0.2) is 24.5 Å². The summed E-state index contributed by atoms with van der Waals surface area (Å²) >= 11 is 0. The molecule has 3 heteroatoms. The van der Waals surface area contributed by atoms with Crippen LogP contribution in [0.25, 0.3) is 0 Å². The molecule has 1 aromatic heterocycles. The normalized spacial score (nSPS) is 31.6. The number of aromatic nitrogens is 1. The SMILES string of the molecule is CN(Cc1ccncc1)C1CCC[C@@H]2CNC[C@H]12. The summed E-state index contributed by atoms with van der Waals surface area (Å²) in [6.45, 7) is 3.51. The summed E-state index contributed by atoms with van der Waals surface area (Å²) in [6, 6.07) is 5.01. The molecule has 3 rings (SSSR count). The highest BCUT2D eigenvalue weighted by Gasteiger charge is 2.38. The van der Waals surface area contributed by atoms with Crippen LogP contribution in [0.2, 0.25) is 0 Å². The van der Waals surface area contributed by atoms with Crippen LogP contribution in [0.1, 0.15) is 24.8 Å². The fourth-order valence-electron chi connectivity index (χ4n) is 3.76. The van der Waals surface area contributed by atoms with Crippen LogP contribution in [-0.2, 0) is 6.54 Å². The van der Waals surface area contributed by atoms with Crippen LogP contribution >= 0.6 is 0 Å². The van der Waals surface area contributed by atoms with Gasteiger partial charge in [-0.2, -0.15) is 0 Å². The topological polar surface area (TPSA) is 28.2 Å². The molecule has 1 unspecified atom stereocenters. The molecule has 2 aliphatic rings. The minimum absolute atomic E-state index is 0.756. The molecular formula is C15H23N3. The number of nitrogens with one attached hydrogen (secondary N) is 1. The molecule has 1 aromatic rings. The van der Waals surface area contributed by atoms with Gasteiger partial charge in [0.1, 0.15) is 0 Å². The van der Waals surface area contributed by atoms with E-state index in [0.717, 1.165) is 24.4 Å². The van der Waals surface area contributed by atoms with E-state index in [-0.39, 0.29) is 0 Å². The molecule has 0 aromatic carbocycles. The molecule has 1 N–H and O–H groups in total. The lowest BCUT2D eigenvalue weighted by atomic mass is 9.77. The van der Waals surface area contributed by atoms with Crippen molar-refractivity contribution in [2.24, 2.45) is 11.8 Å². The number of hydrogen-bond acceptors (Lipinski definition) is 3. The van der Waals surface area contributed by atoms with Crippen molar-refractivity contribution in [3.8, 4) is 0 Å². The number of rotatable bonds is 3. The zero-order valence-electron chi connectivity index (χ0n) is 11.2. The fourth-order valence-corrected chi connectivity index (χ4v) is 3.76. The van der Waals surface area contributed by atoms with Crippen molar-refractivity contribution in [3.05, 3.63) is 30.1 Å². The Labute approximate surface area is 110 Å². The number of nitrogens with zero attached hydrogens (tertiary/aromatic N) is 2. The number of pyridine rings is 1. The van der Waals surface area contributed by atoms with Crippen molar-refractivity contribution in [1.82, 2.24) is 15.2 Å². The smallest absolute Gasteiger partial charge is 0.0271 e. The first kappa shape index (κ1) is 12.1. The van der Waals surface area contributed by atoms with Gasteiger partial charge in [-0.3, -0.25) is 9.88 Å². The minimum atomic E-state index is 0.756. The number of hydrogen-bond donors (Lipinski definition) is 1. The first-order valence-electron chi connectivity index (χ1n) is 7.14. The third-order valence-corrected chi connectivity index (χ3v) is 4.71. The summed E-state index contributed by atoms with van der Waals surface area (Å²) in [6.07, 6.45) is 7.98. The standard InChI is InChI=1S/C15H23N3/c1-18(11-12-5-7-16-8-6-12)15-4-2-3-13-9-17-10-14(13)15/h5-8,13-15,17H,2-4,9-11H2,1H3/t13-,14+,15?/m1/s1. The first-order valence-corrected chi connectivity index (χ1v) is 7.14. The van der Waals surface area contributed by atoms with Crippen molar-refractivity contribution in [1.29, 1.82) is 0 Å². The van der Waals surface area contributed by atoms with Gasteiger partial charge in [0.15, 0.2) is 0 Å². The second-order valence-corrected chi connectivity index (χ2v) is 5.85. The van der Waals surface area contributed by atoms with Gasteiger partial charge >= 0.3 is 0 Å². The molecule has 1 saturated heterocycles. The summed E-state index contributed by atoms with van der Waals surface area (Å²) in [5, 5.41) is 3.58. The van der Waals surface area contributed by atoms with Gasteiger partial charge in [0.05, 0.1) is 0 Å². The van der Waals surface area contributed by atoms with Gasteiger partial charge in [-0.15, -0.1) is 0 Å². The maximum absolute atomic E-state index is 4.09. The Bertz CT molecular complexity index is 379. The molecule has 0 spiro atoms. The van der Waals surface area contributed by atoms with Crippen molar-refractivity contribution >= 4 is 0 Å². The summed E-state index contributed by atoms with van der Waals surface area (Å²) < 4.78 is 0. The van der Waals surface area contributed by atoms with Crippen LogP contribution in [0, 0.1) is 11.8 Å². The van der Waals surface area contributed by atoms with Crippen molar-refractivity contribution in [2.45, 2.75) is 31.8 Å². The predicted molar refractivity (Wildman–Crippen MR) is 73.2 cm³/mol. The van der Waals surface area contributed by atoms with E-state index in [1.807, 2.05) is 12.4 Å². The summed E-state index contributed by atoms with van der Waals surface area (Å²) in [7, 11) is 2.28. The maximum atomic E-state index is 4.09. The van der Waals surface area contributed by atoms with Crippen molar-refractivity contribution in [3.63, 3.8) is 0 Å². The highest BCUT2D eigenvalue weighted by Crippen LogP contribution is 2.35. The molecule has 2 fully saturated rings. The predicted octanol–water partition coefficient (Wildman–Crippen LogP) is 1.90. The molecule has 1 aliphatic carbocycles. The molecule has 0 radical (unpaired) electrons. The lowest BCUT2D eigenvalue weighted by Gasteiger charge is -2.39. The summed E-state index contributed by atoms with van der Waals surface area (Å²) in [4.78, 5) is 6.64. The van der Waals surface area contributed by atoms with Crippen LogP contribution in [0.3, 0.4) is 0 Å². The lowest BCUT2D eigenvalue weighted by molar-refractivity contribution is 0.106. The second-order valence-electron chi connectivity index (χ2n) is 5.85. The Kier molecular flexibility index (Phi) is 3.62. The van der Waals surface area contributed by atoms with E-state index in [1.54, 1.807) is 0 Å². The van der Waals surface area contributed by atoms with E-state index in [2.05, 4.69) is 34.4 Å². The molecule has 0 amide bonds. The van der Waals surface area contributed by atoms with Gasteiger partial charge < -0.3 is 5.32 Å². The third-order valence-electron chi connectivity index (χ3n) is 4.71. The van der Waals surface area contributed by atoms with Gasteiger partial charge in [-0.05, 0) is 62.5 Å². The van der Waals surface area contributed by atoms with Gasteiger partial charge in [-0.1, -0.05) is 6.42 Å². The molecule has 98 valence electrons. The Balaban J connectivity index is 1.66. The first-order chi connectivity index (χ1) is 8.84. The van der Waals surface area contributed by atoms with E-state index >= 15 is 0 Å². The Morgan fingerprint density at radius 2 is 2.11 bits per heavy atom. The summed E-state index contributed by atoms with van der Waals surface area (Å²) in [5.41, 5.74) is 1.38. The second kappa shape index (κ2) is 5.37. The van der Waals surface area contributed by atoms with Crippen LogP contribution in [0.5, 0.6) is 0 Å². The highest BCUT2D eigenvalue weighted by molar-refractivity contribution is 5.10. The number of fused-ring (bicyclic) bond motifs is 1. The molecule has 2 heterocycles. The fraction of sp³-hybridized carbons (Fsp3) is 0.667. The molecule has 1 aliphatic heterocycles. The average Bonchev–Trinajstić information content (AvgIpc) is 2.87. The Hall–Kier alpha value is -0.930. The van der Waals surface area contributed by atoms with Crippen molar-refractivity contribution < 1.29 is 0 Å². The highest BCUT2D eigenvalue weighted by atomic mass is 15.1. The molecule has 18 heavy (non-hydrogen) atoms. The molecule has 0 bridgehead atoms. The van der Waals surface area contributed by atoms with E-state index in [1.165, 1.54) is 37.9 Å². The zero-order valence-corrected chi connectivity index (χ0v) is 11.2. The van der Waals surface area contributed by atoms with Gasteiger partial charge in [0, 0.05) is 25.0 Å².